The van der Waals surface area contributed by atoms with Gasteiger partial charge in [0.1, 0.15) is 6.61 Å². The lowest BCUT2D eigenvalue weighted by Gasteiger charge is -2.14. The number of aromatic nitrogens is 2. The number of nitrogens with zero attached hydrogens (tertiary/aromatic N) is 3. The van der Waals surface area contributed by atoms with Gasteiger partial charge in [-0.2, -0.15) is 22.9 Å². The predicted octanol–water partition coefficient (Wildman–Crippen LogP) is 7.86. The average Bonchev–Trinajstić information content (AvgIpc) is 2.97. The van der Waals surface area contributed by atoms with Gasteiger partial charge in [-0.15, -0.1) is 0 Å². The molecule has 0 amide bonds. The molecule has 208 valence electrons. The smallest absolute Gasteiger partial charge is 0.416 e. The molecule has 0 aliphatic heterocycles. The summed E-state index contributed by atoms with van der Waals surface area (Å²) < 4.78 is 52.9. The van der Waals surface area contributed by atoms with E-state index in [2.05, 4.69) is 10.1 Å². The van der Waals surface area contributed by atoms with Gasteiger partial charge in [0.2, 0.25) is 0 Å². The quantitative estimate of drug-likeness (QED) is 0.179. The molecule has 11 heteroatoms. The van der Waals surface area contributed by atoms with Gasteiger partial charge in [-0.25, -0.2) is 4.98 Å². The highest BCUT2D eigenvalue weighted by Crippen LogP contribution is 2.33. The number of halogens is 5. The Kier molecular flexibility index (Phi) is 8.01. The van der Waals surface area contributed by atoms with Crippen molar-refractivity contribution >= 4 is 40.3 Å². The molecule has 0 unspecified atom stereocenters. The van der Waals surface area contributed by atoms with Crippen LogP contribution >= 0.6 is 23.2 Å². The number of fused-ring (bicyclic) bond motifs is 1. The maximum absolute atomic E-state index is 13.5. The first kappa shape index (κ1) is 28.2. The molecule has 0 aliphatic carbocycles. The molecule has 0 fully saturated rings. The van der Waals surface area contributed by atoms with Crippen molar-refractivity contribution in [2.75, 3.05) is 7.11 Å². The molecular formula is C30H20Cl2F3N3O3. The number of alkyl halides is 3. The molecule has 0 radical (unpaired) electrons. The van der Waals surface area contributed by atoms with Crippen LogP contribution in [0.1, 0.15) is 16.7 Å². The Balaban J connectivity index is 1.60. The van der Waals surface area contributed by atoms with Gasteiger partial charge in [0, 0.05) is 11.1 Å². The van der Waals surface area contributed by atoms with E-state index in [-0.39, 0.29) is 23.4 Å². The van der Waals surface area contributed by atoms with E-state index in [0.717, 1.165) is 22.4 Å². The molecule has 0 spiro atoms. The van der Waals surface area contributed by atoms with Gasteiger partial charge < -0.3 is 9.47 Å². The second kappa shape index (κ2) is 11.6. The molecule has 4 aromatic carbocycles. The molecule has 1 heterocycles. The summed E-state index contributed by atoms with van der Waals surface area (Å²) >= 11 is 12.1. The first-order valence-electron chi connectivity index (χ1n) is 12.1. The third-order valence-corrected chi connectivity index (χ3v) is 6.85. The molecule has 0 aliphatic rings. The van der Waals surface area contributed by atoms with E-state index in [1.807, 2.05) is 0 Å². The zero-order valence-electron chi connectivity index (χ0n) is 21.3. The summed E-state index contributed by atoms with van der Waals surface area (Å²) in [4.78, 5) is 18.0. The van der Waals surface area contributed by atoms with Crippen LogP contribution in [0.2, 0.25) is 10.0 Å². The van der Waals surface area contributed by atoms with E-state index in [0.29, 0.717) is 32.6 Å². The van der Waals surface area contributed by atoms with Crippen LogP contribution in [-0.2, 0) is 12.8 Å². The first-order chi connectivity index (χ1) is 19.7. The molecule has 5 rings (SSSR count). The van der Waals surface area contributed by atoms with E-state index in [9.17, 15) is 18.0 Å². The highest BCUT2D eigenvalue weighted by Gasteiger charge is 2.31. The van der Waals surface area contributed by atoms with Crippen LogP contribution in [0.3, 0.4) is 0 Å². The second-order valence-corrected chi connectivity index (χ2v) is 9.62. The van der Waals surface area contributed by atoms with E-state index in [1.54, 1.807) is 60.7 Å². The van der Waals surface area contributed by atoms with Crippen molar-refractivity contribution in [2.45, 2.75) is 12.8 Å². The molecule has 0 saturated carbocycles. The summed E-state index contributed by atoms with van der Waals surface area (Å²) in [5, 5.41) is 5.41. The van der Waals surface area contributed by atoms with Gasteiger partial charge in [-0.1, -0.05) is 59.6 Å². The number of rotatable bonds is 7. The van der Waals surface area contributed by atoms with Crippen LogP contribution in [0.5, 0.6) is 11.5 Å². The number of ether oxygens (including phenoxy) is 2. The van der Waals surface area contributed by atoms with Crippen LogP contribution in [0.4, 0.5) is 13.2 Å². The summed E-state index contributed by atoms with van der Waals surface area (Å²) in [7, 11) is 1.48. The Hall–Kier alpha value is -4.34. The number of hydrogen-bond donors (Lipinski definition) is 0. The van der Waals surface area contributed by atoms with Gasteiger partial charge in [-0.3, -0.25) is 4.79 Å². The monoisotopic (exact) mass is 597 g/mol. The van der Waals surface area contributed by atoms with Crippen molar-refractivity contribution in [2.24, 2.45) is 5.10 Å². The van der Waals surface area contributed by atoms with Crippen molar-refractivity contribution in [3.05, 3.63) is 122 Å². The Morgan fingerprint density at radius 2 is 1.73 bits per heavy atom. The Morgan fingerprint density at radius 1 is 0.951 bits per heavy atom. The molecule has 41 heavy (non-hydrogen) atoms. The largest absolute Gasteiger partial charge is 0.493 e. The standard InChI is InChI=1S/C30H20Cl2F3N3O3/c1-40-26-11-5-7-20(27(26)41-17-18-12-13-23(31)24(32)14-18)16-36-38-28(19-6-4-8-21(15-19)30(33,34)35)37-25-10-3-2-9-22(25)29(38)39/h2-16H,17H2,1H3. The maximum atomic E-state index is 13.5. The first-order valence-corrected chi connectivity index (χ1v) is 12.9. The predicted molar refractivity (Wildman–Crippen MR) is 153 cm³/mol. The van der Waals surface area contributed by atoms with Crippen molar-refractivity contribution in [3.8, 4) is 22.9 Å². The minimum absolute atomic E-state index is 0.0581. The number of para-hydroxylation sites is 2. The molecule has 0 bridgehead atoms. The van der Waals surface area contributed by atoms with Crippen molar-refractivity contribution in [3.63, 3.8) is 0 Å². The topological polar surface area (TPSA) is 65.7 Å². The summed E-state index contributed by atoms with van der Waals surface area (Å²) in [6.07, 6.45) is -3.22. The highest BCUT2D eigenvalue weighted by molar-refractivity contribution is 6.42. The maximum Gasteiger partial charge on any atom is 0.416 e. The van der Waals surface area contributed by atoms with Gasteiger partial charge >= 0.3 is 6.18 Å². The molecule has 0 atom stereocenters. The van der Waals surface area contributed by atoms with Gasteiger partial charge in [0.15, 0.2) is 17.3 Å². The van der Waals surface area contributed by atoms with Gasteiger partial charge in [0.05, 0.1) is 39.8 Å². The van der Waals surface area contributed by atoms with E-state index in [4.69, 9.17) is 32.7 Å². The lowest BCUT2D eigenvalue weighted by atomic mass is 10.1. The van der Waals surface area contributed by atoms with Crippen molar-refractivity contribution in [1.82, 2.24) is 9.66 Å². The number of hydrogen-bond acceptors (Lipinski definition) is 5. The van der Waals surface area contributed by atoms with E-state index in [1.165, 1.54) is 25.5 Å². The minimum Gasteiger partial charge on any atom is -0.493 e. The normalized spacial score (nSPS) is 11.8. The fourth-order valence-electron chi connectivity index (χ4n) is 4.11. The van der Waals surface area contributed by atoms with Crippen LogP contribution in [0.15, 0.2) is 94.8 Å². The van der Waals surface area contributed by atoms with Crippen LogP contribution < -0.4 is 15.0 Å². The molecule has 5 aromatic rings. The molecule has 0 saturated heterocycles. The molecule has 1 aromatic heterocycles. The van der Waals surface area contributed by atoms with Crippen LogP contribution in [0, 0.1) is 0 Å². The van der Waals surface area contributed by atoms with Gasteiger partial charge in [-0.05, 0) is 54.1 Å². The van der Waals surface area contributed by atoms with Gasteiger partial charge in [0.25, 0.3) is 5.56 Å². The highest BCUT2D eigenvalue weighted by atomic mass is 35.5. The lowest BCUT2D eigenvalue weighted by Crippen LogP contribution is -2.20. The van der Waals surface area contributed by atoms with Crippen LogP contribution in [0.25, 0.3) is 22.3 Å². The summed E-state index contributed by atoms with van der Waals surface area (Å²) in [6, 6.07) is 21.3. The second-order valence-electron chi connectivity index (χ2n) is 8.81. The van der Waals surface area contributed by atoms with Crippen LogP contribution in [-0.4, -0.2) is 23.0 Å². The molecule has 0 N–H and O–H groups in total. The zero-order chi connectivity index (χ0) is 29.1. The summed E-state index contributed by atoms with van der Waals surface area (Å²) in [6.45, 7) is 0.116. The third-order valence-electron chi connectivity index (χ3n) is 6.11. The average molecular weight is 598 g/mol. The van der Waals surface area contributed by atoms with E-state index < -0.39 is 17.3 Å². The van der Waals surface area contributed by atoms with E-state index >= 15 is 0 Å². The fourth-order valence-corrected chi connectivity index (χ4v) is 4.43. The number of methoxy groups -OCH3 is 1. The number of benzene rings is 4. The zero-order valence-corrected chi connectivity index (χ0v) is 22.8. The Morgan fingerprint density at radius 3 is 2.49 bits per heavy atom. The Bertz CT molecular complexity index is 1840. The minimum atomic E-state index is -4.58. The Labute approximate surface area is 242 Å². The van der Waals surface area contributed by atoms with Crippen molar-refractivity contribution < 1.29 is 22.6 Å². The fraction of sp³-hybridized carbons (Fsp3) is 0.100. The molecular weight excluding hydrogens is 578 g/mol. The third kappa shape index (κ3) is 6.06. The SMILES string of the molecule is COc1cccc(C=Nn2c(-c3cccc(C(F)(F)F)c3)nc3ccccc3c2=O)c1OCc1ccc(Cl)c(Cl)c1. The summed E-state index contributed by atoms with van der Waals surface area (Å²) in [5.41, 5.74) is 0.151. The lowest BCUT2D eigenvalue weighted by molar-refractivity contribution is -0.137. The molecule has 6 nitrogen and oxygen atoms in total. The van der Waals surface area contributed by atoms with Crippen molar-refractivity contribution in [1.29, 1.82) is 0 Å². The summed E-state index contributed by atoms with van der Waals surface area (Å²) in [5.74, 6) is 0.667.